The second kappa shape index (κ2) is 6.71. The van der Waals surface area contributed by atoms with Crippen LogP contribution >= 0.6 is 0 Å². The lowest BCUT2D eigenvalue weighted by Gasteiger charge is -2.34. The molecule has 2 fully saturated rings. The molecule has 1 amide bonds. The van der Waals surface area contributed by atoms with Crippen molar-refractivity contribution in [2.45, 2.75) is 58.7 Å². The van der Waals surface area contributed by atoms with E-state index in [0.29, 0.717) is 11.8 Å². The largest absolute Gasteiger partial charge is 0.326 e. The highest BCUT2D eigenvalue weighted by Crippen LogP contribution is 2.23. The van der Waals surface area contributed by atoms with Crippen molar-refractivity contribution in [3.63, 3.8) is 0 Å². The van der Waals surface area contributed by atoms with Crippen molar-refractivity contribution in [1.82, 2.24) is 15.1 Å². The van der Waals surface area contributed by atoms with Gasteiger partial charge in [-0.05, 0) is 51.2 Å². The minimum absolute atomic E-state index is 0.0562. The van der Waals surface area contributed by atoms with Crippen LogP contribution < -0.4 is 5.32 Å². The summed E-state index contributed by atoms with van der Waals surface area (Å²) in [4.78, 5) is 17.0. The summed E-state index contributed by atoms with van der Waals surface area (Å²) in [6.45, 7) is 11.0. The van der Waals surface area contributed by atoms with E-state index in [4.69, 9.17) is 0 Å². The van der Waals surface area contributed by atoms with Crippen molar-refractivity contribution in [1.29, 1.82) is 0 Å². The summed E-state index contributed by atoms with van der Waals surface area (Å²) in [6.07, 6.45) is 4.66. The van der Waals surface area contributed by atoms with Crippen LogP contribution in [-0.4, -0.2) is 54.1 Å². The van der Waals surface area contributed by atoms with Crippen LogP contribution in [0.2, 0.25) is 0 Å². The second-order valence-corrected chi connectivity index (χ2v) is 5.92. The predicted molar refractivity (Wildman–Crippen MR) is 77.8 cm³/mol. The van der Waals surface area contributed by atoms with Gasteiger partial charge in [0.25, 0.3) is 0 Å². The number of amides is 1. The van der Waals surface area contributed by atoms with Gasteiger partial charge >= 0.3 is 0 Å². The van der Waals surface area contributed by atoms with E-state index >= 15 is 0 Å². The molecule has 0 aromatic carbocycles. The number of piperidine rings is 1. The summed E-state index contributed by atoms with van der Waals surface area (Å²) in [5.74, 6) is 1.02. The number of rotatable bonds is 5. The quantitative estimate of drug-likeness (QED) is 0.823. The fourth-order valence-corrected chi connectivity index (χ4v) is 3.36. The van der Waals surface area contributed by atoms with Gasteiger partial charge in [-0.2, -0.15) is 0 Å². The van der Waals surface area contributed by atoms with Crippen molar-refractivity contribution in [2.24, 2.45) is 5.92 Å². The molecular weight excluding hydrogens is 238 g/mol. The van der Waals surface area contributed by atoms with Crippen LogP contribution in [0.5, 0.6) is 0 Å². The first-order valence-electron chi connectivity index (χ1n) is 7.98. The van der Waals surface area contributed by atoms with Crippen molar-refractivity contribution in [2.75, 3.05) is 26.2 Å². The average molecular weight is 267 g/mol. The molecule has 4 heteroatoms. The van der Waals surface area contributed by atoms with E-state index in [-0.39, 0.29) is 12.2 Å². The van der Waals surface area contributed by atoms with Gasteiger partial charge in [-0.3, -0.25) is 10.1 Å². The first-order chi connectivity index (χ1) is 9.19. The Kier molecular flexibility index (Phi) is 5.22. The normalized spacial score (nSPS) is 30.3. The standard InChI is InChI=1S/C15H29N3O/c1-4-13-15(19)18(14(5-2)16-13)11-12-7-9-17(6-3)10-8-12/h12-14,16H,4-11H2,1-3H3. The second-order valence-electron chi connectivity index (χ2n) is 5.92. The van der Waals surface area contributed by atoms with Crippen LogP contribution in [0.3, 0.4) is 0 Å². The van der Waals surface area contributed by atoms with Crippen molar-refractivity contribution in [3.8, 4) is 0 Å². The van der Waals surface area contributed by atoms with Crippen LogP contribution in [0.15, 0.2) is 0 Å². The highest BCUT2D eigenvalue weighted by atomic mass is 16.2. The summed E-state index contributed by atoms with van der Waals surface area (Å²) in [5.41, 5.74) is 0. The Morgan fingerprint density at radius 1 is 1.16 bits per heavy atom. The molecule has 2 rings (SSSR count). The molecule has 2 aliphatic heterocycles. The van der Waals surface area contributed by atoms with E-state index in [9.17, 15) is 4.79 Å². The number of nitrogens with zero attached hydrogens (tertiary/aromatic N) is 2. The molecule has 2 unspecified atom stereocenters. The Labute approximate surface area is 117 Å². The number of carbonyl (C=O) groups excluding carboxylic acids is 1. The minimum Gasteiger partial charge on any atom is -0.326 e. The van der Waals surface area contributed by atoms with Crippen LogP contribution in [0.25, 0.3) is 0 Å². The lowest BCUT2D eigenvalue weighted by molar-refractivity contribution is -0.131. The van der Waals surface area contributed by atoms with Gasteiger partial charge in [0.15, 0.2) is 0 Å². The molecule has 0 radical (unpaired) electrons. The van der Waals surface area contributed by atoms with Gasteiger partial charge in [0.05, 0.1) is 12.2 Å². The fraction of sp³-hybridized carbons (Fsp3) is 0.933. The van der Waals surface area contributed by atoms with Gasteiger partial charge in [-0.15, -0.1) is 0 Å². The Bertz CT molecular complexity index is 300. The third kappa shape index (κ3) is 3.29. The van der Waals surface area contributed by atoms with Crippen LogP contribution in [-0.2, 0) is 4.79 Å². The van der Waals surface area contributed by atoms with Gasteiger partial charge < -0.3 is 9.80 Å². The zero-order valence-electron chi connectivity index (χ0n) is 12.7. The molecule has 19 heavy (non-hydrogen) atoms. The van der Waals surface area contributed by atoms with Crippen molar-refractivity contribution < 1.29 is 4.79 Å². The van der Waals surface area contributed by atoms with Crippen LogP contribution in [0.4, 0.5) is 0 Å². The van der Waals surface area contributed by atoms with E-state index in [0.717, 1.165) is 25.9 Å². The zero-order chi connectivity index (χ0) is 13.8. The Morgan fingerprint density at radius 3 is 2.37 bits per heavy atom. The predicted octanol–water partition coefficient (Wildman–Crippen LogP) is 1.66. The van der Waals surface area contributed by atoms with Crippen molar-refractivity contribution >= 4 is 5.91 Å². The van der Waals surface area contributed by atoms with Gasteiger partial charge in [0.1, 0.15) is 0 Å². The molecular formula is C15H29N3O. The first-order valence-corrected chi connectivity index (χ1v) is 7.98. The molecule has 1 N–H and O–H groups in total. The topological polar surface area (TPSA) is 35.6 Å². The third-order valence-corrected chi connectivity index (χ3v) is 4.76. The van der Waals surface area contributed by atoms with Gasteiger partial charge in [-0.1, -0.05) is 20.8 Å². The first kappa shape index (κ1) is 14.8. The number of hydrogen-bond donors (Lipinski definition) is 1. The molecule has 0 spiro atoms. The lowest BCUT2D eigenvalue weighted by atomic mass is 9.96. The maximum Gasteiger partial charge on any atom is 0.241 e. The molecule has 0 bridgehead atoms. The van der Waals surface area contributed by atoms with Crippen LogP contribution in [0.1, 0.15) is 46.5 Å². The average Bonchev–Trinajstić information content (AvgIpc) is 2.76. The summed E-state index contributed by atoms with van der Waals surface area (Å²) < 4.78 is 0. The number of nitrogens with one attached hydrogen (secondary N) is 1. The third-order valence-electron chi connectivity index (χ3n) is 4.76. The monoisotopic (exact) mass is 267 g/mol. The summed E-state index contributed by atoms with van der Waals surface area (Å²) in [7, 11) is 0. The van der Waals surface area contributed by atoms with Gasteiger partial charge in [-0.25, -0.2) is 0 Å². The Morgan fingerprint density at radius 2 is 1.84 bits per heavy atom. The van der Waals surface area contributed by atoms with E-state index in [2.05, 4.69) is 35.9 Å². The SMILES string of the molecule is CCC1NC(CC)N(CC2CCN(CC)CC2)C1=O. The molecule has 2 saturated heterocycles. The zero-order valence-corrected chi connectivity index (χ0v) is 12.7. The molecule has 110 valence electrons. The highest BCUT2D eigenvalue weighted by molar-refractivity contribution is 5.84. The molecule has 0 aliphatic carbocycles. The molecule has 0 aromatic heterocycles. The molecule has 2 aliphatic rings. The Balaban J connectivity index is 1.89. The van der Waals surface area contributed by atoms with Crippen molar-refractivity contribution in [3.05, 3.63) is 0 Å². The van der Waals surface area contributed by atoms with E-state index < -0.39 is 0 Å². The maximum atomic E-state index is 12.4. The minimum atomic E-state index is 0.0562. The van der Waals surface area contributed by atoms with Gasteiger partial charge in [0.2, 0.25) is 5.91 Å². The smallest absolute Gasteiger partial charge is 0.241 e. The molecule has 2 atom stereocenters. The van der Waals surface area contributed by atoms with Gasteiger partial charge in [0, 0.05) is 6.54 Å². The summed E-state index contributed by atoms with van der Waals surface area (Å²) >= 11 is 0. The summed E-state index contributed by atoms with van der Waals surface area (Å²) in [5, 5.41) is 3.47. The summed E-state index contributed by atoms with van der Waals surface area (Å²) in [6, 6.07) is 0.0562. The Hall–Kier alpha value is -0.610. The highest BCUT2D eigenvalue weighted by Gasteiger charge is 2.37. The number of likely N-dealkylation sites (tertiary alicyclic amines) is 1. The maximum absolute atomic E-state index is 12.4. The van der Waals surface area contributed by atoms with E-state index in [1.165, 1.54) is 25.9 Å². The number of carbonyl (C=O) groups is 1. The molecule has 2 heterocycles. The lowest BCUT2D eigenvalue weighted by Crippen LogP contribution is -2.43. The molecule has 0 aromatic rings. The molecule has 0 saturated carbocycles. The van der Waals surface area contributed by atoms with E-state index in [1.54, 1.807) is 0 Å². The fourth-order valence-electron chi connectivity index (χ4n) is 3.36. The number of hydrogen-bond acceptors (Lipinski definition) is 3. The molecule has 4 nitrogen and oxygen atoms in total. The van der Waals surface area contributed by atoms with Crippen LogP contribution in [0, 0.1) is 5.92 Å². The van der Waals surface area contributed by atoms with E-state index in [1.807, 2.05) is 0 Å².